The second-order valence-corrected chi connectivity index (χ2v) is 8.84. The van der Waals surface area contributed by atoms with Crippen LogP contribution < -0.4 is 5.56 Å². The molecule has 0 radical (unpaired) electrons. The molecule has 2 heterocycles. The Morgan fingerprint density at radius 2 is 1.93 bits per heavy atom. The highest BCUT2D eigenvalue weighted by Crippen LogP contribution is 2.25. The van der Waals surface area contributed by atoms with Gasteiger partial charge in [-0.3, -0.25) is 14.2 Å². The minimum absolute atomic E-state index is 0.0304. The lowest BCUT2D eigenvalue weighted by molar-refractivity contribution is 0.102. The van der Waals surface area contributed by atoms with E-state index in [0.29, 0.717) is 32.2 Å². The molecule has 0 bridgehead atoms. The number of aryl methyl sites for hydroxylation is 2. The zero-order chi connectivity index (χ0) is 20.5. The fourth-order valence-electron chi connectivity index (χ4n) is 2.94. The van der Waals surface area contributed by atoms with Crippen molar-refractivity contribution < 1.29 is 9.18 Å². The molecule has 0 fully saturated rings. The number of carbonyl (C=O) groups excluding carboxylic acids is 1. The topological polar surface area (TPSA) is 52.0 Å². The Hall–Kier alpha value is -2.77. The molecule has 0 spiro atoms. The Labute approximate surface area is 175 Å². The normalized spacial score (nSPS) is 11.1. The predicted molar refractivity (Wildman–Crippen MR) is 116 cm³/mol. The monoisotopic (exact) mass is 424 g/mol. The van der Waals surface area contributed by atoms with Crippen molar-refractivity contribution in [2.24, 2.45) is 0 Å². The number of Topliss-reactive ketones (excluding diaryl/α,β-unsaturated/α-hetero) is 1. The fourth-order valence-corrected chi connectivity index (χ4v) is 4.74. The molecule has 7 heteroatoms. The smallest absolute Gasteiger partial charge is 0.266 e. The molecule has 0 saturated carbocycles. The van der Waals surface area contributed by atoms with Gasteiger partial charge in [-0.15, -0.1) is 11.3 Å². The Morgan fingerprint density at radius 3 is 2.66 bits per heavy atom. The first-order valence-electron chi connectivity index (χ1n) is 8.95. The molecule has 2 aromatic heterocycles. The number of carbonyl (C=O) groups is 1. The van der Waals surface area contributed by atoms with Gasteiger partial charge in [0, 0.05) is 4.88 Å². The number of hydrogen-bond acceptors (Lipinski definition) is 5. The number of halogens is 1. The van der Waals surface area contributed by atoms with Crippen molar-refractivity contribution in [2.75, 3.05) is 5.75 Å². The lowest BCUT2D eigenvalue weighted by Crippen LogP contribution is -2.22. The summed E-state index contributed by atoms with van der Waals surface area (Å²) in [6.07, 6.45) is 0. The maximum atomic E-state index is 14.2. The van der Waals surface area contributed by atoms with Gasteiger partial charge < -0.3 is 0 Å². The zero-order valence-corrected chi connectivity index (χ0v) is 17.4. The minimum Gasteiger partial charge on any atom is -0.292 e. The molecule has 4 aromatic rings. The van der Waals surface area contributed by atoms with Crippen molar-refractivity contribution in [2.45, 2.75) is 19.0 Å². The van der Waals surface area contributed by atoms with E-state index in [0.717, 1.165) is 4.88 Å². The summed E-state index contributed by atoms with van der Waals surface area (Å²) in [5.74, 6) is -0.292. The Bertz CT molecular complexity index is 1290. The number of benzene rings is 2. The molecule has 0 aliphatic carbocycles. The van der Waals surface area contributed by atoms with Gasteiger partial charge in [0.25, 0.3) is 5.56 Å². The van der Waals surface area contributed by atoms with Crippen molar-refractivity contribution in [1.29, 1.82) is 0 Å². The van der Waals surface area contributed by atoms with Gasteiger partial charge in [0.05, 0.1) is 27.2 Å². The standard InChI is InChI=1S/C22H17FN2O2S2/c1-13-7-9-15(11-17(13)23)25-21(27)16-5-3-4-6-18(16)24-22(25)28-12-19(26)20-10-8-14(2)29-20/h3-11H,12H2,1-2H3. The van der Waals surface area contributed by atoms with E-state index in [-0.39, 0.29) is 17.1 Å². The zero-order valence-electron chi connectivity index (χ0n) is 15.8. The third kappa shape index (κ3) is 3.88. The molecular formula is C22H17FN2O2S2. The second-order valence-electron chi connectivity index (χ2n) is 6.61. The van der Waals surface area contributed by atoms with Crippen LogP contribution in [0.15, 0.2) is 64.5 Å². The molecule has 2 aromatic carbocycles. The average molecular weight is 425 g/mol. The van der Waals surface area contributed by atoms with Gasteiger partial charge in [-0.25, -0.2) is 9.37 Å². The van der Waals surface area contributed by atoms with Gasteiger partial charge in [-0.05, 0) is 55.8 Å². The molecule has 4 rings (SSSR count). The van der Waals surface area contributed by atoms with Crippen LogP contribution in [0.3, 0.4) is 0 Å². The Morgan fingerprint density at radius 1 is 1.14 bits per heavy atom. The quantitative estimate of drug-likeness (QED) is 0.252. The summed E-state index contributed by atoms with van der Waals surface area (Å²) in [5, 5.41) is 0.802. The fraction of sp³-hybridized carbons (Fsp3) is 0.136. The van der Waals surface area contributed by atoms with Gasteiger partial charge in [0.15, 0.2) is 10.9 Å². The van der Waals surface area contributed by atoms with Crippen LogP contribution in [0.1, 0.15) is 20.1 Å². The highest BCUT2D eigenvalue weighted by Gasteiger charge is 2.17. The number of thiophene rings is 1. The molecule has 0 unspecified atom stereocenters. The van der Waals surface area contributed by atoms with Crippen molar-refractivity contribution in [1.82, 2.24) is 9.55 Å². The summed E-state index contributed by atoms with van der Waals surface area (Å²) in [7, 11) is 0. The molecule has 0 atom stereocenters. The lowest BCUT2D eigenvalue weighted by Gasteiger charge is -2.13. The maximum absolute atomic E-state index is 14.2. The lowest BCUT2D eigenvalue weighted by atomic mass is 10.2. The van der Waals surface area contributed by atoms with Crippen LogP contribution in [0.2, 0.25) is 0 Å². The van der Waals surface area contributed by atoms with Crippen molar-refractivity contribution in [3.63, 3.8) is 0 Å². The van der Waals surface area contributed by atoms with Crippen LogP contribution in [0, 0.1) is 19.7 Å². The number of hydrogen-bond donors (Lipinski definition) is 0. The largest absolute Gasteiger partial charge is 0.292 e. The SMILES string of the molecule is Cc1ccc(C(=O)CSc2nc3ccccc3c(=O)n2-c2ccc(C)c(F)c2)s1. The van der Waals surface area contributed by atoms with E-state index < -0.39 is 5.82 Å². The van der Waals surface area contributed by atoms with Gasteiger partial charge >= 0.3 is 0 Å². The molecule has 4 nitrogen and oxygen atoms in total. The summed E-state index contributed by atoms with van der Waals surface area (Å²) in [5.41, 5.74) is 1.13. The summed E-state index contributed by atoms with van der Waals surface area (Å²) in [6, 6.07) is 15.4. The summed E-state index contributed by atoms with van der Waals surface area (Å²) >= 11 is 2.62. The summed E-state index contributed by atoms with van der Waals surface area (Å²) < 4.78 is 15.6. The first kappa shape index (κ1) is 19.5. The van der Waals surface area contributed by atoms with E-state index >= 15 is 0 Å². The number of para-hydroxylation sites is 1. The third-order valence-electron chi connectivity index (χ3n) is 4.51. The van der Waals surface area contributed by atoms with Crippen LogP contribution in [0.5, 0.6) is 0 Å². The number of fused-ring (bicyclic) bond motifs is 1. The van der Waals surface area contributed by atoms with E-state index in [1.807, 2.05) is 13.0 Å². The van der Waals surface area contributed by atoms with Gasteiger partial charge in [-0.2, -0.15) is 0 Å². The molecule has 0 saturated heterocycles. The van der Waals surface area contributed by atoms with Crippen molar-refractivity contribution in [3.8, 4) is 5.69 Å². The third-order valence-corrected chi connectivity index (χ3v) is 6.49. The van der Waals surface area contributed by atoms with Crippen LogP contribution >= 0.6 is 23.1 Å². The summed E-state index contributed by atoms with van der Waals surface area (Å²) in [6.45, 7) is 3.61. The first-order chi connectivity index (χ1) is 13.9. The maximum Gasteiger partial charge on any atom is 0.266 e. The molecule has 0 N–H and O–H groups in total. The predicted octanol–water partition coefficient (Wildman–Crippen LogP) is 5.18. The number of rotatable bonds is 5. The highest BCUT2D eigenvalue weighted by atomic mass is 32.2. The first-order valence-corrected chi connectivity index (χ1v) is 10.7. The van der Waals surface area contributed by atoms with Gasteiger partial charge in [0.2, 0.25) is 0 Å². The second kappa shape index (κ2) is 7.93. The van der Waals surface area contributed by atoms with Crippen LogP contribution in [-0.4, -0.2) is 21.1 Å². The van der Waals surface area contributed by atoms with Crippen molar-refractivity contribution >= 4 is 39.8 Å². The van der Waals surface area contributed by atoms with E-state index in [4.69, 9.17) is 0 Å². The van der Waals surface area contributed by atoms with Crippen molar-refractivity contribution in [3.05, 3.63) is 86.1 Å². The van der Waals surface area contributed by atoms with Crippen LogP contribution in [0.4, 0.5) is 4.39 Å². The van der Waals surface area contributed by atoms with E-state index in [1.54, 1.807) is 49.4 Å². The Balaban J connectivity index is 1.80. The minimum atomic E-state index is -0.399. The van der Waals surface area contributed by atoms with E-state index in [2.05, 4.69) is 4.98 Å². The van der Waals surface area contributed by atoms with Gasteiger partial charge in [-0.1, -0.05) is 30.0 Å². The average Bonchev–Trinajstić information content (AvgIpc) is 3.15. The summed E-state index contributed by atoms with van der Waals surface area (Å²) in [4.78, 5) is 32.0. The van der Waals surface area contributed by atoms with E-state index in [1.165, 1.54) is 33.7 Å². The number of nitrogens with zero attached hydrogens (tertiary/aromatic N) is 2. The molecular weight excluding hydrogens is 407 g/mol. The van der Waals surface area contributed by atoms with Crippen LogP contribution in [0.25, 0.3) is 16.6 Å². The van der Waals surface area contributed by atoms with Gasteiger partial charge in [0.1, 0.15) is 5.82 Å². The molecule has 146 valence electrons. The number of thioether (sulfide) groups is 1. The van der Waals surface area contributed by atoms with Crippen LogP contribution in [-0.2, 0) is 0 Å². The molecule has 0 aliphatic heterocycles. The molecule has 0 amide bonds. The van der Waals surface area contributed by atoms with E-state index in [9.17, 15) is 14.0 Å². The molecule has 0 aliphatic rings. The number of ketones is 1. The number of aromatic nitrogens is 2. The molecule has 29 heavy (non-hydrogen) atoms. The Kier molecular flexibility index (Phi) is 5.34. The highest BCUT2D eigenvalue weighted by molar-refractivity contribution is 7.99.